The van der Waals surface area contributed by atoms with Crippen molar-refractivity contribution in [1.29, 1.82) is 0 Å². The van der Waals surface area contributed by atoms with Crippen molar-refractivity contribution in [2.75, 3.05) is 5.32 Å². The van der Waals surface area contributed by atoms with Crippen LogP contribution in [0, 0.1) is 6.92 Å². The van der Waals surface area contributed by atoms with E-state index < -0.39 is 0 Å². The molecule has 0 aliphatic rings. The lowest BCUT2D eigenvalue weighted by molar-refractivity contribution is -0.117. The van der Waals surface area contributed by atoms with E-state index in [1.165, 1.54) is 5.56 Å². The highest BCUT2D eigenvalue weighted by molar-refractivity contribution is 5.90. The Bertz CT molecular complexity index is 472. The summed E-state index contributed by atoms with van der Waals surface area (Å²) < 4.78 is 0. The quantitative estimate of drug-likeness (QED) is 0.662. The molecule has 0 aliphatic heterocycles. The monoisotopic (exact) mass is 307 g/mol. The second kappa shape index (κ2) is 12.0. The molecule has 1 aromatic carbocycles. The smallest absolute Gasteiger partial charge is 0.224 e. The third-order valence-electron chi connectivity index (χ3n) is 3.24. The van der Waals surface area contributed by atoms with Crippen molar-refractivity contribution in [3.63, 3.8) is 0 Å². The maximum Gasteiger partial charge on any atom is 0.224 e. The number of nitrogens with one attached hydrogen (secondary N) is 1. The number of carbonyl (C=O) groups excluding carboxylic acids is 2. The fraction of sp³-hybridized carbons (Fsp3) is 0.579. The molecule has 3 nitrogen and oxygen atoms in total. The molecule has 126 valence electrons. The highest BCUT2D eigenvalue weighted by Crippen LogP contribution is 2.17. The Morgan fingerprint density at radius 2 is 1.77 bits per heavy atom. The number of carbonyl (C=O) groups is 2. The van der Waals surface area contributed by atoms with Crippen LogP contribution in [0.5, 0.6) is 0 Å². The summed E-state index contributed by atoms with van der Waals surface area (Å²) in [7, 11) is 0. The molecular formula is C19H33NO2. The standard InChI is InChI=1S/C17H25NO2.C2H6.H2/c1-4-17(20)18-16-11-13(2)10-15(12-16)9-7-5-6-8-14(3)19;1-2;/h10-12H,4-9H2,1-3H3,(H,18,20);1-2H3;1H. The number of anilines is 1. The molecule has 0 radical (unpaired) electrons. The first-order valence-electron chi connectivity index (χ1n) is 8.41. The summed E-state index contributed by atoms with van der Waals surface area (Å²) in [5.74, 6) is 0.313. The van der Waals surface area contributed by atoms with E-state index in [0.29, 0.717) is 12.8 Å². The molecule has 22 heavy (non-hydrogen) atoms. The van der Waals surface area contributed by atoms with Crippen LogP contribution in [-0.4, -0.2) is 11.7 Å². The maximum absolute atomic E-state index is 11.4. The molecule has 0 spiro atoms. The number of hydrogen-bond acceptors (Lipinski definition) is 2. The molecule has 0 unspecified atom stereocenters. The minimum atomic E-state index is 0. The molecular weight excluding hydrogens is 274 g/mol. The average molecular weight is 307 g/mol. The zero-order chi connectivity index (χ0) is 17.0. The summed E-state index contributed by atoms with van der Waals surface area (Å²) >= 11 is 0. The number of unbranched alkanes of at least 4 members (excludes halogenated alkanes) is 2. The van der Waals surface area contributed by atoms with Crippen LogP contribution in [0.1, 0.15) is 72.4 Å². The number of amides is 1. The average Bonchev–Trinajstić information content (AvgIpc) is 2.48. The summed E-state index contributed by atoms with van der Waals surface area (Å²) in [4.78, 5) is 22.3. The van der Waals surface area contributed by atoms with Gasteiger partial charge in [0.05, 0.1) is 0 Å². The van der Waals surface area contributed by atoms with Crippen LogP contribution in [-0.2, 0) is 16.0 Å². The Balaban J connectivity index is 0. The minimum Gasteiger partial charge on any atom is -0.326 e. The van der Waals surface area contributed by atoms with Gasteiger partial charge < -0.3 is 10.1 Å². The number of hydrogen-bond donors (Lipinski definition) is 1. The van der Waals surface area contributed by atoms with Gasteiger partial charge in [-0.3, -0.25) is 4.79 Å². The topological polar surface area (TPSA) is 46.2 Å². The molecule has 1 rings (SSSR count). The minimum absolute atomic E-state index is 0. The Labute approximate surface area is 137 Å². The molecule has 0 bridgehead atoms. The SMILES string of the molecule is CC.CCC(=O)Nc1cc(C)cc(CCCCCC(C)=O)c1.[HH]. The van der Waals surface area contributed by atoms with Crippen LogP contribution < -0.4 is 5.32 Å². The van der Waals surface area contributed by atoms with Gasteiger partial charge in [0.1, 0.15) is 5.78 Å². The molecule has 0 saturated heterocycles. The van der Waals surface area contributed by atoms with Crippen LogP contribution in [0.3, 0.4) is 0 Å². The van der Waals surface area contributed by atoms with Gasteiger partial charge in [-0.05, 0) is 56.4 Å². The van der Waals surface area contributed by atoms with Gasteiger partial charge in [-0.15, -0.1) is 0 Å². The van der Waals surface area contributed by atoms with E-state index in [9.17, 15) is 9.59 Å². The largest absolute Gasteiger partial charge is 0.326 e. The predicted molar refractivity (Wildman–Crippen MR) is 96.4 cm³/mol. The molecule has 0 aromatic heterocycles. The van der Waals surface area contributed by atoms with E-state index in [-0.39, 0.29) is 13.1 Å². The molecule has 0 aliphatic carbocycles. The van der Waals surface area contributed by atoms with Crippen LogP contribution in [0.2, 0.25) is 0 Å². The third kappa shape index (κ3) is 9.32. The van der Waals surface area contributed by atoms with Gasteiger partial charge in [0.15, 0.2) is 0 Å². The zero-order valence-electron chi connectivity index (χ0n) is 14.8. The highest BCUT2D eigenvalue weighted by atomic mass is 16.1. The van der Waals surface area contributed by atoms with Gasteiger partial charge >= 0.3 is 0 Å². The van der Waals surface area contributed by atoms with E-state index >= 15 is 0 Å². The predicted octanol–water partition coefficient (Wildman–Crippen LogP) is 5.31. The number of Topliss-reactive ketones (excluding diaryl/α,β-unsaturated/α-hetero) is 1. The molecule has 0 atom stereocenters. The Morgan fingerprint density at radius 3 is 2.36 bits per heavy atom. The fourth-order valence-electron chi connectivity index (χ4n) is 2.21. The lowest BCUT2D eigenvalue weighted by atomic mass is 10.0. The second-order valence-electron chi connectivity index (χ2n) is 5.37. The summed E-state index contributed by atoms with van der Waals surface area (Å²) in [5, 5.41) is 2.91. The van der Waals surface area contributed by atoms with Crippen molar-refractivity contribution >= 4 is 17.4 Å². The number of aryl methyl sites for hydroxylation is 2. The Hall–Kier alpha value is -1.64. The molecule has 1 amide bonds. The third-order valence-corrected chi connectivity index (χ3v) is 3.24. The van der Waals surface area contributed by atoms with Gasteiger partial charge in [0.25, 0.3) is 0 Å². The number of rotatable bonds is 8. The molecule has 0 saturated carbocycles. The summed E-state index contributed by atoms with van der Waals surface area (Å²) in [6, 6.07) is 6.20. The molecule has 0 fully saturated rings. The van der Waals surface area contributed by atoms with Crippen molar-refractivity contribution in [1.82, 2.24) is 0 Å². The van der Waals surface area contributed by atoms with Gasteiger partial charge in [-0.25, -0.2) is 0 Å². The van der Waals surface area contributed by atoms with Crippen molar-refractivity contribution in [3.05, 3.63) is 29.3 Å². The first kappa shape index (κ1) is 20.4. The normalized spacial score (nSPS) is 9.68. The van der Waals surface area contributed by atoms with Crippen LogP contribution in [0.4, 0.5) is 5.69 Å². The molecule has 3 heteroatoms. The van der Waals surface area contributed by atoms with Crippen molar-refractivity contribution in [2.24, 2.45) is 0 Å². The van der Waals surface area contributed by atoms with E-state index in [1.54, 1.807) is 6.92 Å². The van der Waals surface area contributed by atoms with E-state index in [0.717, 1.165) is 36.9 Å². The van der Waals surface area contributed by atoms with Crippen LogP contribution in [0.25, 0.3) is 0 Å². The Morgan fingerprint density at radius 1 is 1.09 bits per heavy atom. The van der Waals surface area contributed by atoms with Gasteiger partial charge in [0, 0.05) is 20.0 Å². The van der Waals surface area contributed by atoms with E-state index in [4.69, 9.17) is 0 Å². The summed E-state index contributed by atoms with van der Waals surface area (Å²) in [5.41, 5.74) is 3.30. The van der Waals surface area contributed by atoms with Crippen molar-refractivity contribution in [3.8, 4) is 0 Å². The number of benzene rings is 1. The number of ketones is 1. The molecule has 0 heterocycles. The summed E-state index contributed by atoms with van der Waals surface area (Å²) in [6.45, 7) is 9.53. The summed E-state index contributed by atoms with van der Waals surface area (Å²) in [6.07, 6.45) is 5.30. The van der Waals surface area contributed by atoms with Gasteiger partial charge in [0.2, 0.25) is 5.91 Å². The second-order valence-corrected chi connectivity index (χ2v) is 5.37. The highest BCUT2D eigenvalue weighted by Gasteiger charge is 2.03. The zero-order valence-corrected chi connectivity index (χ0v) is 14.8. The fourth-order valence-corrected chi connectivity index (χ4v) is 2.21. The van der Waals surface area contributed by atoms with Crippen LogP contribution in [0.15, 0.2) is 18.2 Å². The van der Waals surface area contributed by atoms with Crippen molar-refractivity contribution in [2.45, 2.75) is 73.1 Å². The van der Waals surface area contributed by atoms with Gasteiger partial charge in [-0.1, -0.05) is 33.3 Å². The van der Waals surface area contributed by atoms with E-state index in [1.807, 2.05) is 39.8 Å². The lowest BCUT2D eigenvalue weighted by Gasteiger charge is -2.09. The Kier molecular flexibility index (Phi) is 11.1. The van der Waals surface area contributed by atoms with Crippen LogP contribution >= 0.6 is 0 Å². The molecule has 1 aromatic rings. The van der Waals surface area contributed by atoms with Crippen molar-refractivity contribution < 1.29 is 11.0 Å². The first-order valence-corrected chi connectivity index (χ1v) is 8.41. The van der Waals surface area contributed by atoms with Gasteiger partial charge in [-0.2, -0.15) is 0 Å². The maximum atomic E-state index is 11.4. The lowest BCUT2D eigenvalue weighted by Crippen LogP contribution is -2.09. The molecule has 1 N–H and O–H groups in total. The first-order chi connectivity index (χ1) is 10.5. The van der Waals surface area contributed by atoms with E-state index in [2.05, 4.69) is 11.4 Å².